The van der Waals surface area contributed by atoms with Gasteiger partial charge in [0.25, 0.3) is 5.91 Å². The first-order valence-corrected chi connectivity index (χ1v) is 10.9. The fourth-order valence-electron chi connectivity index (χ4n) is 3.94. The van der Waals surface area contributed by atoms with Gasteiger partial charge >= 0.3 is 0 Å². The van der Waals surface area contributed by atoms with Gasteiger partial charge in [0.05, 0.1) is 0 Å². The summed E-state index contributed by atoms with van der Waals surface area (Å²) >= 11 is 6.86. The molecule has 1 atom stereocenters. The molecule has 0 fully saturated rings. The highest BCUT2D eigenvalue weighted by atomic mass is 79.9. The van der Waals surface area contributed by atoms with Crippen molar-refractivity contribution in [1.29, 1.82) is 0 Å². The molecule has 1 aliphatic carbocycles. The summed E-state index contributed by atoms with van der Waals surface area (Å²) in [5.74, 6) is -0.115. The molecule has 148 valence electrons. The highest BCUT2D eigenvalue weighted by Gasteiger charge is 2.38. The standard InChI is InChI=1S/C22H19Br2N3O2/c1-12-19(22(29)27-18-9-8-15(24)11-25-18)20(13-4-2-5-14(23)10-13)21-16(26-12)6-3-7-17(21)28/h2,4-5,8-11,20,26H,3,6-7H2,1H3,(H,25,27,29)/t20-/m0/s1. The molecule has 0 bridgehead atoms. The summed E-state index contributed by atoms with van der Waals surface area (Å²) < 4.78 is 1.74. The number of hydrogen-bond donors (Lipinski definition) is 2. The number of carbonyl (C=O) groups excluding carboxylic acids is 2. The van der Waals surface area contributed by atoms with E-state index in [1.807, 2.05) is 37.3 Å². The van der Waals surface area contributed by atoms with Crippen LogP contribution in [-0.2, 0) is 9.59 Å². The van der Waals surface area contributed by atoms with Gasteiger partial charge in [0, 0.05) is 50.0 Å². The van der Waals surface area contributed by atoms with Gasteiger partial charge in [-0.2, -0.15) is 0 Å². The van der Waals surface area contributed by atoms with Crippen molar-refractivity contribution in [2.24, 2.45) is 0 Å². The number of benzene rings is 1. The van der Waals surface area contributed by atoms with E-state index in [1.165, 1.54) is 0 Å². The Balaban J connectivity index is 1.78. The van der Waals surface area contributed by atoms with Gasteiger partial charge in [0.2, 0.25) is 0 Å². The lowest BCUT2D eigenvalue weighted by Gasteiger charge is -2.34. The topological polar surface area (TPSA) is 71.1 Å². The Kier molecular flexibility index (Phi) is 5.69. The van der Waals surface area contributed by atoms with E-state index in [4.69, 9.17) is 0 Å². The predicted octanol–water partition coefficient (Wildman–Crippen LogP) is 5.21. The lowest BCUT2D eigenvalue weighted by molar-refractivity contribution is -0.116. The summed E-state index contributed by atoms with van der Waals surface area (Å²) in [5.41, 5.74) is 3.85. The molecule has 1 aliphatic heterocycles. The Morgan fingerprint density at radius 1 is 1.17 bits per heavy atom. The molecule has 1 aromatic carbocycles. The summed E-state index contributed by atoms with van der Waals surface area (Å²) in [6.07, 6.45) is 3.78. The molecule has 0 spiro atoms. The quantitative estimate of drug-likeness (QED) is 0.587. The normalized spacial score (nSPS) is 19.0. The van der Waals surface area contributed by atoms with Crippen LogP contribution in [0.5, 0.6) is 0 Å². The highest BCUT2D eigenvalue weighted by molar-refractivity contribution is 9.10. The fraction of sp³-hybridized carbons (Fsp3) is 0.227. The number of aromatic nitrogens is 1. The van der Waals surface area contributed by atoms with Crippen molar-refractivity contribution in [2.75, 3.05) is 5.32 Å². The van der Waals surface area contributed by atoms with Gasteiger partial charge < -0.3 is 10.6 Å². The van der Waals surface area contributed by atoms with E-state index in [2.05, 4.69) is 47.5 Å². The van der Waals surface area contributed by atoms with Gasteiger partial charge in [0.1, 0.15) is 5.82 Å². The first-order chi connectivity index (χ1) is 13.9. The van der Waals surface area contributed by atoms with Crippen LogP contribution in [0.15, 0.2) is 74.1 Å². The summed E-state index contributed by atoms with van der Waals surface area (Å²) in [5, 5.41) is 6.21. The molecule has 29 heavy (non-hydrogen) atoms. The van der Waals surface area contributed by atoms with Gasteiger partial charge in [-0.05, 0) is 65.5 Å². The molecule has 1 aromatic heterocycles. The van der Waals surface area contributed by atoms with Crippen molar-refractivity contribution in [3.8, 4) is 0 Å². The zero-order chi connectivity index (χ0) is 20.5. The van der Waals surface area contributed by atoms with Gasteiger partial charge in [0.15, 0.2) is 5.78 Å². The minimum atomic E-state index is -0.410. The van der Waals surface area contributed by atoms with E-state index in [0.717, 1.165) is 38.7 Å². The molecular formula is C22H19Br2N3O2. The number of anilines is 1. The minimum Gasteiger partial charge on any atom is -0.362 e. The number of rotatable bonds is 3. The average molecular weight is 517 g/mol. The molecule has 2 N–H and O–H groups in total. The zero-order valence-electron chi connectivity index (χ0n) is 15.8. The number of allylic oxidation sites excluding steroid dienone is 3. The molecule has 4 rings (SSSR count). The third kappa shape index (κ3) is 4.07. The summed E-state index contributed by atoms with van der Waals surface area (Å²) in [6.45, 7) is 1.89. The summed E-state index contributed by atoms with van der Waals surface area (Å²) in [4.78, 5) is 30.4. The Morgan fingerprint density at radius 3 is 2.72 bits per heavy atom. The van der Waals surface area contributed by atoms with Crippen LogP contribution in [-0.4, -0.2) is 16.7 Å². The molecule has 0 radical (unpaired) electrons. The number of hydrogen-bond acceptors (Lipinski definition) is 4. The van der Waals surface area contributed by atoms with Crippen LogP contribution in [0.3, 0.4) is 0 Å². The monoisotopic (exact) mass is 515 g/mol. The molecule has 5 nitrogen and oxygen atoms in total. The van der Waals surface area contributed by atoms with Crippen LogP contribution in [0.25, 0.3) is 0 Å². The summed E-state index contributed by atoms with van der Waals surface area (Å²) in [7, 11) is 0. The Labute approximate surface area is 185 Å². The van der Waals surface area contributed by atoms with Gasteiger partial charge in [-0.15, -0.1) is 0 Å². The SMILES string of the molecule is CC1=C(C(=O)Nc2ccc(Br)cn2)[C@H](c2cccc(Br)c2)C2=C(CCCC2=O)N1. The maximum Gasteiger partial charge on any atom is 0.255 e. The van der Waals surface area contributed by atoms with E-state index in [1.54, 1.807) is 12.3 Å². The second-order valence-corrected chi connectivity index (χ2v) is 8.97. The van der Waals surface area contributed by atoms with E-state index >= 15 is 0 Å². The van der Waals surface area contributed by atoms with E-state index < -0.39 is 5.92 Å². The number of carbonyl (C=O) groups is 2. The van der Waals surface area contributed by atoms with Crippen molar-refractivity contribution in [2.45, 2.75) is 32.1 Å². The van der Waals surface area contributed by atoms with Crippen molar-refractivity contribution >= 4 is 49.4 Å². The number of halogens is 2. The van der Waals surface area contributed by atoms with Crippen molar-refractivity contribution in [3.63, 3.8) is 0 Å². The lowest BCUT2D eigenvalue weighted by atomic mass is 9.75. The molecule has 1 amide bonds. The van der Waals surface area contributed by atoms with Crippen molar-refractivity contribution in [3.05, 3.63) is 79.6 Å². The predicted molar refractivity (Wildman–Crippen MR) is 119 cm³/mol. The van der Waals surface area contributed by atoms with E-state index in [9.17, 15) is 9.59 Å². The number of Topliss-reactive ketones (excluding diaryl/α,β-unsaturated/α-hetero) is 1. The average Bonchev–Trinajstić information content (AvgIpc) is 2.69. The third-order valence-electron chi connectivity index (χ3n) is 5.17. The molecule has 2 aliphatic rings. The molecule has 2 heterocycles. The number of nitrogens with one attached hydrogen (secondary N) is 2. The van der Waals surface area contributed by atoms with Crippen LogP contribution in [0.4, 0.5) is 5.82 Å². The van der Waals surface area contributed by atoms with Crippen LogP contribution in [0, 0.1) is 0 Å². The molecule has 0 unspecified atom stereocenters. The smallest absolute Gasteiger partial charge is 0.255 e. The van der Waals surface area contributed by atoms with Crippen molar-refractivity contribution in [1.82, 2.24) is 10.3 Å². The Hall–Kier alpha value is -2.25. The Morgan fingerprint density at radius 2 is 2.00 bits per heavy atom. The molecule has 0 saturated carbocycles. The summed E-state index contributed by atoms with van der Waals surface area (Å²) in [6, 6.07) is 11.4. The van der Waals surface area contributed by atoms with Gasteiger partial charge in [-0.25, -0.2) is 4.98 Å². The van der Waals surface area contributed by atoms with Gasteiger partial charge in [-0.1, -0.05) is 28.1 Å². The molecule has 2 aromatic rings. The number of ketones is 1. The van der Waals surface area contributed by atoms with Crippen LogP contribution in [0.2, 0.25) is 0 Å². The Bertz CT molecular complexity index is 1060. The van der Waals surface area contributed by atoms with Crippen molar-refractivity contribution < 1.29 is 9.59 Å². The number of pyridine rings is 1. The first-order valence-electron chi connectivity index (χ1n) is 9.36. The lowest BCUT2D eigenvalue weighted by Crippen LogP contribution is -2.35. The maximum absolute atomic E-state index is 13.3. The zero-order valence-corrected chi connectivity index (χ0v) is 18.9. The highest BCUT2D eigenvalue weighted by Crippen LogP contribution is 2.42. The second kappa shape index (κ2) is 8.24. The largest absolute Gasteiger partial charge is 0.362 e. The first kappa shape index (κ1) is 20.0. The van der Waals surface area contributed by atoms with Crippen LogP contribution in [0.1, 0.15) is 37.7 Å². The molecular weight excluding hydrogens is 498 g/mol. The second-order valence-electron chi connectivity index (χ2n) is 7.14. The van der Waals surface area contributed by atoms with Gasteiger partial charge in [-0.3, -0.25) is 9.59 Å². The van der Waals surface area contributed by atoms with Crippen LogP contribution >= 0.6 is 31.9 Å². The number of dihydropyridines is 1. The van der Waals surface area contributed by atoms with E-state index in [0.29, 0.717) is 23.4 Å². The third-order valence-corrected chi connectivity index (χ3v) is 6.13. The fourth-order valence-corrected chi connectivity index (χ4v) is 4.59. The molecule has 0 saturated heterocycles. The van der Waals surface area contributed by atoms with E-state index in [-0.39, 0.29) is 11.7 Å². The number of amides is 1. The maximum atomic E-state index is 13.3. The minimum absolute atomic E-state index is 0.100. The van der Waals surface area contributed by atoms with Crippen LogP contribution < -0.4 is 10.6 Å². The molecule has 7 heteroatoms. The number of nitrogens with zero attached hydrogens (tertiary/aromatic N) is 1.